The first-order valence-electron chi connectivity index (χ1n) is 9.49. The predicted octanol–water partition coefficient (Wildman–Crippen LogP) is 3.36. The van der Waals surface area contributed by atoms with Gasteiger partial charge in [0.2, 0.25) is 0 Å². The summed E-state index contributed by atoms with van der Waals surface area (Å²) in [7, 11) is 0. The van der Waals surface area contributed by atoms with Crippen LogP contribution in [-0.4, -0.2) is 45.2 Å². The van der Waals surface area contributed by atoms with Crippen LogP contribution in [0.1, 0.15) is 29.0 Å². The number of aromatic nitrogens is 3. The largest absolute Gasteiger partial charge is 0.449 e. The number of carbonyl (C=O) groups is 1. The number of aliphatic hydroxyl groups is 1. The molecule has 8 nitrogen and oxygen atoms in total. The van der Waals surface area contributed by atoms with Gasteiger partial charge in [-0.15, -0.1) is 0 Å². The predicted molar refractivity (Wildman–Crippen MR) is 104 cm³/mol. The van der Waals surface area contributed by atoms with Gasteiger partial charge in [0.1, 0.15) is 5.69 Å². The van der Waals surface area contributed by atoms with Crippen LogP contribution in [0.3, 0.4) is 0 Å². The number of nitrogens with one attached hydrogen (secondary N) is 1. The molecule has 0 atom stereocenters. The molecule has 11 heteroatoms. The number of nitrogens with zero attached hydrogens (tertiary/aromatic N) is 4. The first-order chi connectivity index (χ1) is 14.8. The van der Waals surface area contributed by atoms with E-state index in [1.54, 1.807) is 4.90 Å². The standard InChI is InChI=1S/C20H18F3N5O3/c21-20(22,23)12-9-14(18(26-10-12)28-7-3-13(29)4-8-28)27-19(30)17-2-1-16(31-17)15-11-24-5-6-25-15/h1-2,5-6,9-11,13,29H,3-4,7-8H2,(H,27,30). The Balaban J connectivity index is 1.61. The van der Waals surface area contributed by atoms with Gasteiger partial charge in [0.05, 0.1) is 23.6 Å². The van der Waals surface area contributed by atoms with Crippen molar-refractivity contribution in [3.63, 3.8) is 0 Å². The third-order valence-corrected chi connectivity index (χ3v) is 4.85. The Bertz CT molecular complexity index is 1060. The molecule has 1 saturated heterocycles. The summed E-state index contributed by atoms with van der Waals surface area (Å²) in [5, 5.41) is 12.2. The SMILES string of the molecule is O=C(Nc1cc(C(F)(F)F)cnc1N1CCC(O)CC1)c1ccc(-c2cnccn2)o1. The summed E-state index contributed by atoms with van der Waals surface area (Å²) in [4.78, 5) is 26.4. The number of pyridine rings is 1. The summed E-state index contributed by atoms with van der Waals surface area (Å²) in [5.74, 6) is -0.327. The minimum absolute atomic E-state index is 0.0892. The molecule has 2 N–H and O–H groups in total. The van der Waals surface area contributed by atoms with Crippen molar-refractivity contribution in [2.75, 3.05) is 23.3 Å². The quantitative estimate of drug-likeness (QED) is 0.650. The lowest BCUT2D eigenvalue weighted by atomic mass is 10.1. The first kappa shape index (κ1) is 20.8. The van der Waals surface area contributed by atoms with Gasteiger partial charge in [-0.3, -0.25) is 9.78 Å². The number of aliphatic hydroxyl groups excluding tert-OH is 1. The zero-order valence-electron chi connectivity index (χ0n) is 16.1. The number of hydrogen-bond acceptors (Lipinski definition) is 7. The fourth-order valence-electron chi connectivity index (χ4n) is 3.24. The highest BCUT2D eigenvalue weighted by Crippen LogP contribution is 2.35. The van der Waals surface area contributed by atoms with E-state index < -0.39 is 23.8 Å². The molecule has 0 aromatic carbocycles. The van der Waals surface area contributed by atoms with E-state index in [9.17, 15) is 23.1 Å². The Morgan fingerprint density at radius 1 is 1.16 bits per heavy atom. The highest BCUT2D eigenvalue weighted by Gasteiger charge is 2.33. The lowest BCUT2D eigenvalue weighted by molar-refractivity contribution is -0.137. The summed E-state index contributed by atoms with van der Waals surface area (Å²) in [6.07, 6.45) is 0.967. The van der Waals surface area contributed by atoms with Gasteiger partial charge in [-0.2, -0.15) is 13.2 Å². The third-order valence-electron chi connectivity index (χ3n) is 4.85. The maximum Gasteiger partial charge on any atom is 0.417 e. The maximum atomic E-state index is 13.2. The van der Waals surface area contributed by atoms with Crippen molar-refractivity contribution >= 4 is 17.4 Å². The second-order valence-corrected chi connectivity index (χ2v) is 7.02. The van der Waals surface area contributed by atoms with Gasteiger partial charge in [0.15, 0.2) is 17.3 Å². The van der Waals surface area contributed by atoms with Crippen LogP contribution in [0.2, 0.25) is 0 Å². The highest BCUT2D eigenvalue weighted by molar-refractivity contribution is 6.04. The van der Waals surface area contributed by atoms with Crippen LogP contribution < -0.4 is 10.2 Å². The molecule has 0 aliphatic carbocycles. The van der Waals surface area contributed by atoms with Gasteiger partial charge >= 0.3 is 6.18 Å². The molecule has 3 aromatic rings. The van der Waals surface area contributed by atoms with Gasteiger partial charge in [0, 0.05) is 31.7 Å². The molecule has 162 valence electrons. The number of rotatable bonds is 4. The second kappa shape index (κ2) is 8.34. The van der Waals surface area contributed by atoms with Crippen LogP contribution >= 0.6 is 0 Å². The molecule has 31 heavy (non-hydrogen) atoms. The van der Waals surface area contributed by atoms with Crippen molar-refractivity contribution in [2.24, 2.45) is 0 Å². The topological polar surface area (TPSA) is 104 Å². The van der Waals surface area contributed by atoms with Crippen LogP contribution in [0.4, 0.5) is 24.7 Å². The van der Waals surface area contributed by atoms with Crippen molar-refractivity contribution in [1.82, 2.24) is 15.0 Å². The number of anilines is 2. The lowest BCUT2D eigenvalue weighted by Crippen LogP contribution is -2.37. The number of carbonyl (C=O) groups excluding carboxylic acids is 1. The minimum Gasteiger partial charge on any atom is -0.449 e. The van der Waals surface area contributed by atoms with E-state index in [2.05, 4.69) is 20.3 Å². The molecule has 1 aliphatic heterocycles. The maximum absolute atomic E-state index is 13.2. The molecule has 1 amide bonds. The average molecular weight is 433 g/mol. The Kier molecular flexibility index (Phi) is 5.59. The Morgan fingerprint density at radius 3 is 2.61 bits per heavy atom. The third kappa shape index (κ3) is 4.66. The van der Waals surface area contributed by atoms with E-state index in [4.69, 9.17) is 4.42 Å². The monoisotopic (exact) mass is 433 g/mol. The van der Waals surface area contributed by atoms with Crippen LogP contribution in [0.15, 0.2) is 47.4 Å². The fourth-order valence-corrected chi connectivity index (χ4v) is 3.24. The highest BCUT2D eigenvalue weighted by atomic mass is 19.4. The van der Waals surface area contributed by atoms with E-state index in [-0.39, 0.29) is 17.3 Å². The van der Waals surface area contributed by atoms with Crippen LogP contribution in [0.25, 0.3) is 11.5 Å². The Morgan fingerprint density at radius 2 is 1.94 bits per heavy atom. The van der Waals surface area contributed by atoms with E-state index in [0.717, 1.165) is 12.3 Å². The van der Waals surface area contributed by atoms with E-state index in [0.29, 0.717) is 37.4 Å². The van der Waals surface area contributed by atoms with Crippen molar-refractivity contribution in [3.05, 3.63) is 54.3 Å². The molecule has 3 aromatic heterocycles. The first-order valence-corrected chi connectivity index (χ1v) is 9.49. The zero-order chi connectivity index (χ0) is 22.0. The molecule has 4 heterocycles. The molecule has 1 aliphatic rings. The molecule has 1 fully saturated rings. The number of amides is 1. The number of furan rings is 1. The fraction of sp³-hybridized carbons (Fsp3) is 0.300. The summed E-state index contributed by atoms with van der Waals surface area (Å²) in [5.41, 5.74) is -0.660. The summed E-state index contributed by atoms with van der Waals surface area (Å²) in [6.45, 7) is 0.806. The zero-order valence-corrected chi connectivity index (χ0v) is 16.1. The lowest BCUT2D eigenvalue weighted by Gasteiger charge is -2.32. The van der Waals surface area contributed by atoms with Gasteiger partial charge < -0.3 is 19.7 Å². The van der Waals surface area contributed by atoms with Gasteiger partial charge in [-0.25, -0.2) is 9.97 Å². The van der Waals surface area contributed by atoms with E-state index >= 15 is 0 Å². The normalized spacial score (nSPS) is 15.2. The minimum atomic E-state index is -4.62. The summed E-state index contributed by atoms with van der Waals surface area (Å²) >= 11 is 0. The molecule has 0 bridgehead atoms. The second-order valence-electron chi connectivity index (χ2n) is 7.02. The van der Waals surface area contributed by atoms with Gasteiger partial charge in [-0.1, -0.05) is 0 Å². The molecule has 0 radical (unpaired) electrons. The number of piperidine rings is 1. The molecule has 0 saturated carbocycles. The number of halogens is 3. The summed E-state index contributed by atoms with van der Waals surface area (Å²) < 4.78 is 45.1. The molecular weight excluding hydrogens is 415 g/mol. The molecule has 0 spiro atoms. The Hall–Kier alpha value is -3.47. The van der Waals surface area contributed by atoms with Crippen molar-refractivity contribution in [1.29, 1.82) is 0 Å². The summed E-state index contributed by atoms with van der Waals surface area (Å²) in [6, 6.07) is 3.77. The number of alkyl halides is 3. The smallest absolute Gasteiger partial charge is 0.417 e. The molecule has 4 rings (SSSR count). The van der Waals surface area contributed by atoms with Crippen molar-refractivity contribution in [2.45, 2.75) is 25.1 Å². The van der Waals surface area contributed by atoms with Gasteiger partial charge in [0.25, 0.3) is 5.91 Å². The Labute approximate surface area is 174 Å². The van der Waals surface area contributed by atoms with E-state index in [1.807, 2.05) is 0 Å². The number of hydrogen-bond donors (Lipinski definition) is 2. The van der Waals surface area contributed by atoms with Crippen molar-refractivity contribution in [3.8, 4) is 11.5 Å². The van der Waals surface area contributed by atoms with E-state index in [1.165, 1.54) is 30.7 Å². The molecular formula is C20H18F3N5O3. The van der Waals surface area contributed by atoms with Crippen LogP contribution in [0.5, 0.6) is 0 Å². The molecule has 0 unspecified atom stereocenters. The van der Waals surface area contributed by atoms with Crippen LogP contribution in [-0.2, 0) is 6.18 Å². The van der Waals surface area contributed by atoms with Crippen LogP contribution in [0, 0.1) is 0 Å². The van der Waals surface area contributed by atoms with Gasteiger partial charge in [-0.05, 0) is 31.0 Å². The average Bonchev–Trinajstić information content (AvgIpc) is 3.25. The van der Waals surface area contributed by atoms with Crippen molar-refractivity contribution < 1.29 is 27.5 Å².